The van der Waals surface area contributed by atoms with Crippen LogP contribution < -0.4 is 4.90 Å². The molecule has 0 amide bonds. The van der Waals surface area contributed by atoms with Crippen molar-refractivity contribution in [1.29, 1.82) is 0 Å². The Balaban J connectivity index is 1.67. The first kappa shape index (κ1) is 22.5. The summed E-state index contributed by atoms with van der Waals surface area (Å²) >= 11 is 0. The van der Waals surface area contributed by atoms with Crippen LogP contribution in [0.15, 0.2) is 121 Å². The summed E-state index contributed by atoms with van der Waals surface area (Å²) in [4.78, 5) is 1.72. The third-order valence-electron chi connectivity index (χ3n) is 6.23. The average Bonchev–Trinajstić information content (AvgIpc) is 2.92. The van der Waals surface area contributed by atoms with E-state index in [0.717, 1.165) is 27.8 Å². The van der Waals surface area contributed by atoms with Crippen LogP contribution in [0.2, 0.25) is 0 Å². The molecule has 1 nitrogen and oxygen atoms in total. The van der Waals surface area contributed by atoms with Gasteiger partial charge in [-0.05, 0) is 41.3 Å². The van der Waals surface area contributed by atoms with Gasteiger partial charge in [0.15, 0.2) is 5.82 Å². The van der Waals surface area contributed by atoms with Crippen molar-refractivity contribution in [3.05, 3.63) is 133 Å². The van der Waals surface area contributed by atoms with Crippen LogP contribution in [-0.4, -0.2) is 6.54 Å². The summed E-state index contributed by atoms with van der Waals surface area (Å²) in [5.41, 5.74) is 5.74. The first-order valence-corrected chi connectivity index (χ1v) is 11.7. The molecular weight excluding hydrogens is 436 g/mol. The van der Waals surface area contributed by atoms with E-state index in [1.54, 1.807) is 23.1 Å². The molecule has 0 bridgehead atoms. The Hall–Kier alpha value is -4.24. The Morgan fingerprint density at radius 2 is 1.00 bits per heavy atom. The molecule has 0 saturated carbocycles. The summed E-state index contributed by atoms with van der Waals surface area (Å²) < 4.78 is 31.3. The van der Waals surface area contributed by atoms with Gasteiger partial charge >= 0.3 is 0 Å². The van der Waals surface area contributed by atoms with Gasteiger partial charge in [0.2, 0.25) is 0 Å². The maximum atomic E-state index is 16.4. The Kier molecular flexibility index (Phi) is 6.40. The van der Waals surface area contributed by atoms with Crippen LogP contribution >= 0.6 is 0 Å². The van der Waals surface area contributed by atoms with Gasteiger partial charge in [-0.3, -0.25) is 0 Å². The van der Waals surface area contributed by atoms with Crippen LogP contribution in [0.1, 0.15) is 6.92 Å². The summed E-state index contributed by atoms with van der Waals surface area (Å²) in [5, 5.41) is 0. The Morgan fingerprint density at radius 3 is 1.63 bits per heavy atom. The number of hydrogen-bond acceptors (Lipinski definition) is 1. The molecule has 0 unspecified atom stereocenters. The number of rotatable bonds is 6. The Morgan fingerprint density at radius 1 is 0.514 bits per heavy atom. The smallest absolute Gasteiger partial charge is 0.155 e. The highest BCUT2D eigenvalue weighted by Gasteiger charge is 2.23. The fraction of sp³-hybridized carbons (Fsp3) is 0.0625. The molecule has 0 aliphatic heterocycles. The summed E-state index contributed by atoms with van der Waals surface area (Å²) in [5.74, 6) is -0.755. The van der Waals surface area contributed by atoms with Crippen LogP contribution in [0.4, 0.5) is 20.2 Å². The second-order valence-electron chi connectivity index (χ2n) is 8.33. The lowest BCUT2D eigenvalue weighted by Crippen LogP contribution is -2.20. The molecule has 0 N–H and O–H groups in total. The topological polar surface area (TPSA) is 3.24 Å². The number of nitrogens with zero attached hydrogens (tertiary/aromatic N) is 1. The monoisotopic (exact) mass is 461 g/mol. The largest absolute Gasteiger partial charge is 0.336 e. The lowest BCUT2D eigenvalue weighted by Gasteiger charge is -2.28. The second kappa shape index (κ2) is 9.94. The number of benzene rings is 5. The van der Waals surface area contributed by atoms with E-state index in [2.05, 4.69) is 12.1 Å². The summed E-state index contributed by atoms with van der Waals surface area (Å²) in [6, 6.07) is 37.9. The van der Waals surface area contributed by atoms with Gasteiger partial charge in [-0.25, -0.2) is 8.78 Å². The Bertz CT molecular complexity index is 1430. The highest BCUT2D eigenvalue weighted by Crippen LogP contribution is 2.42. The number of hydrogen-bond donors (Lipinski definition) is 0. The molecule has 5 aromatic carbocycles. The van der Waals surface area contributed by atoms with Gasteiger partial charge in [0.25, 0.3) is 0 Å². The molecule has 0 atom stereocenters. The molecule has 0 aliphatic carbocycles. The summed E-state index contributed by atoms with van der Waals surface area (Å²) in [6.07, 6.45) is 0. The van der Waals surface area contributed by atoms with Gasteiger partial charge in [0.05, 0.1) is 11.4 Å². The summed E-state index contributed by atoms with van der Waals surface area (Å²) in [7, 11) is 0. The third-order valence-corrected chi connectivity index (χ3v) is 6.23. The molecule has 0 radical (unpaired) electrons. The molecule has 0 heterocycles. The Labute approximate surface area is 204 Å². The standard InChI is InChI=1S/C32H25F2N/c1-2-35(30-16-10-9-15-29(30)33)32-28(25-13-7-4-8-14-25)22-21-27(31(32)34)26-19-17-24(18-20-26)23-11-5-3-6-12-23/h3-22H,2H2,1H3. The molecule has 5 aromatic rings. The molecule has 172 valence electrons. The minimum absolute atomic E-state index is 0.350. The van der Waals surface area contributed by atoms with E-state index in [9.17, 15) is 4.39 Å². The zero-order valence-corrected chi connectivity index (χ0v) is 19.5. The highest BCUT2D eigenvalue weighted by atomic mass is 19.1. The van der Waals surface area contributed by atoms with Crippen molar-refractivity contribution in [2.75, 3.05) is 11.4 Å². The van der Waals surface area contributed by atoms with Crippen molar-refractivity contribution in [2.45, 2.75) is 6.92 Å². The summed E-state index contributed by atoms with van der Waals surface area (Å²) in [6.45, 7) is 2.32. The SMILES string of the molecule is CCN(c1ccccc1F)c1c(-c2ccccc2)ccc(-c2ccc(-c3ccccc3)cc2)c1F. The zero-order valence-electron chi connectivity index (χ0n) is 19.5. The first-order valence-electron chi connectivity index (χ1n) is 11.7. The normalized spacial score (nSPS) is 10.8. The van der Waals surface area contributed by atoms with Gasteiger partial charge < -0.3 is 4.90 Å². The average molecular weight is 462 g/mol. The fourth-order valence-corrected chi connectivity index (χ4v) is 4.49. The van der Waals surface area contributed by atoms with Crippen molar-refractivity contribution >= 4 is 11.4 Å². The maximum absolute atomic E-state index is 16.4. The van der Waals surface area contributed by atoms with Gasteiger partial charge in [0.1, 0.15) is 5.82 Å². The number of para-hydroxylation sites is 1. The van der Waals surface area contributed by atoms with E-state index in [1.165, 1.54) is 6.07 Å². The van der Waals surface area contributed by atoms with Crippen LogP contribution in [0.25, 0.3) is 33.4 Å². The molecule has 3 heteroatoms. The van der Waals surface area contributed by atoms with Crippen LogP contribution in [0.3, 0.4) is 0 Å². The molecule has 0 fully saturated rings. The molecular formula is C32H25F2N. The number of halogens is 2. The predicted molar refractivity (Wildman–Crippen MR) is 142 cm³/mol. The minimum Gasteiger partial charge on any atom is -0.336 e. The van der Waals surface area contributed by atoms with Crippen molar-refractivity contribution in [1.82, 2.24) is 0 Å². The molecule has 35 heavy (non-hydrogen) atoms. The van der Waals surface area contributed by atoms with E-state index >= 15 is 4.39 Å². The fourth-order valence-electron chi connectivity index (χ4n) is 4.49. The third kappa shape index (κ3) is 4.45. The van der Waals surface area contributed by atoms with Crippen molar-refractivity contribution in [2.24, 2.45) is 0 Å². The highest BCUT2D eigenvalue weighted by molar-refractivity contribution is 5.87. The second-order valence-corrected chi connectivity index (χ2v) is 8.33. The lowest BCUT2D eigenvalue weighted by atomic mass is 9.95. The van der Waals surface area contributed by atoms with Crippen LogP contribution in [-0.2, 0) is 0 Å². The molecule has 0 aromatic heterocycles. The van der Waals surface area contributed by atoms with Gasteiger partial charge in [-0.1, -0.05) is 109 Å². The van der Waals surface area contributed by atoms with E-state index in [1.807, 2.05) is 91.9 Å². The quantitative estimate of drug-likeness (QED) is 0.244. The van der Waals surface area contributed by atoms with E-state index in [0.29, 0.717) is 23.5 Å². The van der Waals surface area contributed by atoms with Crippen LogP contribution in [0.5, 0.6) is 0 Å². The van der Waals surface area contributed by atoms with E-state index in [-0.39, 0.29) is 11.6 Å². The van der Waals surface area contributed by atoms with Crippen molar-refractivity contribution in [3.63, 3.8) is 0 Å². The number of anilines is 2. The van der Waals surface area contributed by atoms with Crippen molar-refractivity contribution in [3.8, 4) is 33.4 Å². The van der Waals surface area contributed by atoms with E-state index < -0.39 is 0 Å². The van der Waals surface area contributed by atoms with Crippen molar-refractivity contribution < 1.29 is 8.78 Å². The first-order chi connectivity index (χ1) is 17.2. The minimum atomic E-state index is -0.384. The molecule has 5 rings (SSSR count). The zero-order chi connectivity index (χ0) is 24.2. The van der Waals surface area contributed by atoms with Gasteiger partial charge in [-0.15, -0.1) is 0 Å². The van der Waals surface area contributed by atoms with E-state index in [4.69, 9.17) is 0 Å². The van der Waals surface area contributed by atoms with Gasteiger partial charge in [-0.2, -0.15) is 0 Å². The lowest BCUT2D eigenvalue weighted by molar-refractivity contribution is 0.616. The van der Waals surface area contributed by atoms with Gasteiger partial charge in [0, 0.05) is 17.7 Å². The molecule has 0 saturated heterocycles. The maximum Gasteiger partial charge on any atom is 0.155 e. The predicted octanol–water partition coefficient (Wildman–Crippen LogP) is 9.12. The molecule has 0 aliphatic rings. The molecule has 0 spiro atoms. The van der Waals surface area contributed by atoms with Crippen LogP contribution in [0, 0.1) is 11.6 Å².